The van der Waals surface area contributed by atoms with Crippen molar-refractivity contribution in [2.24, 2.45) is 0 Å². The highest BCUT2D eigenvalue weighted by Crippen LogP contribution is 2.31. The van der Waals surface area contributed by atoms with Gasteiger partial charge in [-0.25, -0.2) is 4.68 Å². The van der Waals surface area contributed by atoms with Gasteiger partial charge in [-0.15, -0.1) is 11.3 Å². The molecule has 7 heteroatoms. The second-order valence-electron chi connectivity index (χ2n) is 7.28. The van der Waals surface area contributed by atoms with Gasteiger partial charge in [0.1, 0.15) is 24.6 Å². The van der Waals surface area contributed by atoms with E-state index in [9.17, 15) is 4.79 Å². The summed E-state index contributed by atoms with van der Waals surface area (Å²) < 4.78 is 13.0. The van der Waals surface area contributed by atoms with Gasteiger partial charge in [-0.05, 0) is 47.3 Å². The average molecular weight is 432 g/mol. The van der Waals surface area contributed by atoms with Gasteiger partial charge in [0.2, 0.25) is 0 Å². The molecular formula is C24H21N3O3S. The van der Waals surface area contributed by atoms with Crippen molar-refractivity contribution in [1.82, 2.24) is 14.7 Å². The maximum absolute atomic E-state index is 13.4. The van der Waals surface area contributed by atoms with E-state index in [2.05, 4.69) is 0 Å². The van der Waals surface area contributed by atoms with Crippen LogP contribution in [-0.4, -0.2) is 40.8 Å². The predicted octanol–water partition coefficient (Wildman–Crippen LogP) is 4.64. The Morgan fingerprint density at radius 3 is 2.61 bits per heavy atom. The number of hydrogen-bond donors (Lipinski definition) is 0. The standard InChI is InChI=1S/C24H21N3O3S/c1-26(16-17-9-10-21-22(14-17)30-12-11-29-21)24(28)20-15-19(23-8-5-13-31-23)25-27(20)18-6-3-2-4-7-18/h2-10,13-15H,11-12,16H2,1H3. The Bertz CT molecular complexity index is 1200. The monoisotopic (exact) mass is 431 g/mol. The molecule has 3 heterocycles. The Morgan fingerprint density at radius 2 is 1.84 bits per heavy atom. The van der Waals surface area contributed by atoms with E-state index in [4.69, 9.17) is 14.6 Å². The van der Waals surface area contributed by atoms with Crippen molar-refractivity contribution in [1.29, 1.82) is 0 Å². The molecule has 4 aromatic rings. The molecular weight excluding hydrogens is 410 g/mol. The van der Waals surface area contributed by atoms with Gasteiger partial charge in [-0.2, -0.15) is 5.10 Å². The SMILES string of the molecule is CN(Cc1ccc2c(c1)OCCO2)C(=O)c1cc(-c2cccs2)nn1-c1ccccc1. The smallest absolute Gasteiger partial charge is 0.272 e. The number of thiophene rings is 1. The number of carbonyl (C=O) groups excluding carboxylic acids is 1. The van der Waals surface area contributed by atoms with Crippen molar-refractivity contribution < 1.29 is 14.3 Å². The Morgan fingerprint density at radius 1 is 1.03 bits per heavy atom. The fourth-order valence-electron chi connectivity index (χ4n) is 3.57. The van der Waals surface area contributed by atoms with Crippen LogP contribution in [0.2, 0.25) is 0 Å². The van der Waals surface area contributed by atoms with E-state index in [1.807, 2.05) is 72.1 Å². The summed E-state index contributed by atoms with van der Waals surface area (Å²) in [7, 11) is 1.80. The lowest BCUT2D eigenvalue weighted by atomic mass is 10.1. The molecule has 0 atom stereocenters. The van der Waals surface area contributed by atoms with Crippen molar-refractivity contribution in [3.05, 3.63) is 83.4 Å². The molecule has 0 unspecified atom stereocenters. The lowest BCUT2D eigenvalue weighted by Crippen LogP contribution is -2.28. The third kappa shape index (κ3) is 3.92. The van der Waals surface area contributed by atoms with Crippen LogP contribution < -0.4 is 9.47 Å². The van der Waals surface area contributed by atoms with Gasteiger partial charge in [-0.1, -0.05) is 30.3 Å². The molecule has 0 saturated heterocycles. The third-order valence-corrected chi connectivity index (χ3v) is 5.97. The van der Waals surface area contributed by atoms with E-state index in [0.29, 0.717) is 25.5 Å². The predicted molar refractivity (Wildman–Crippen MR) is 120 cm³/mol. The van der Waals surface area contributed by atoms with Crippen molar-refractivity contribution in [3.63, 3.8) is 0 Å². The fraction of sp³-hybridized carbons (Fsp3) is 0.167. The van der Waals surface area contributed by atoms with Gasteiger partial charge in [0.15, 0.2) is 11.5 Å². The summed E-state index contributed by atoms with van der Waals surface area (Å²) in [6, 6.07) is 21.4. The molecule has 1 aliphatic heterocycles. The maximum atomic E-state index is 13.4. The van der Waals surface area contributed by atoms with Gasteiger partial charge in [-0.3, -0.25) is 4.79 Å². The third-order valence-electron chi connectivity index (χ3n) is 5.08. The normalized spacial score (nSPS) is 12.5. The van der Waals surface area contributed by atoms with Crippen molar-refractivity contribution >= 4 is 17.2 Å². The summed E-state index contributed by atoms with van der Waals surface area (Å²) in [6.07, 6.45) is 0. The van der Waals surface area contributed by atoms with Gasteiger partial charge in [0.05, 0.1) is 10.6 Å². The zero-order valence-corrected chi connectivity index (χ0v) is 17.8. The highest BCUT2D eigenvalue weighted by Gasteiger charge is 2.22. The molecule has 156 valence electrons. The zero-order valence-electron chi connectivity index (χ0n) is 17.0. The highest BCUT2D eigenvalue weighted by molar-refractivity contribution is 7.13. The molecule has 0 aliphatic carbocycles. The summed E-state index contributed by atoms with van der Waals surface area (Å²) in [5.74, 6) is 1.36. The van der Waals surface area contributed by atoms with Crippen LogP contribution in [0.15, 0.2) is 72.1 Å². The van der Waals surface area contributed by atoms with Gasteiger partial charge >= 0.3 is 0 Å². The number of hydrogen-bond acceptors (Lipinski definition) is 5. The fourth-order valence-corrected chi connectivity index (χ4v) is 4.25. The molecule has 5 rings (SSSR count). The number of carbonyl (C=O) groups is 1. The van der Waals surface area contributed by atoms with E-state index >= 15 is 0 Å². The maximum Gasteiger partial charge on any atom is 0.272 e. The average Bonchev–Trinajstić information content (AvgIpc) is 3.49. The van der Waals surface area contributed by atoms with E-state index in [1.54, 1.807) is 28.0 Å². The molecule has 0 radical (unpaired) electrons. The first-order chi connectivity index (χ1) is 15.2. The number of benzene rings is 2. The van der Waals surface area contributed by atoms with Crippen molar-refractivity contribution in [3.8, 4) is 27.8 Å². The Kier molecular flexibility index (Phi) is 5.18. The van der Waals surface area contributed by atoms with Crippen LogP contribution in [0.3, 0.4) is 0 Å². The van der Waals surface area contributed by atoms with E-state index in [-0.39, 0.29) is 5.91 Å². The van der Waals surface area contributed by atoms with E-state index < -0.39 is 0 Å². The van der Waals surface area contributed by atoms with Gasteiger partial charge in [0.25, 0.3) is 5.91 Å². The van der Waals surface area contributed by atoms with Crippen LogP contribution in [-0.2, 0) is 6.54 Å². The molecule has 0 N–H and O–H groups in total. The van der Waals surface area contributed by atoms with Gasteiger partial charge < -0.3 is 14.4 Å². The highest BCUT2D eigenvalue weighted by atomic mass is 32.1. The largest absolute Gasteiger partial charge is 0.486 e. The van der Waals surface area contributed by atoms with Crippen LogP contribution in [0.25, 0.3) is 16.3 Å². The lowest BCUT2D eigenvalue weighted by Gasteiger charge is -2.21. The first kappa shape index (κ1) is 19.4. The molecule has 0 fully saturated rings. The summed E-state index contributed by atoms with van der Waals surface area (Å²) in [5, 5.41) is 6.74. The molecule has 0 spiro atoms. The Hall–Kier alpha value is -3.58. The number of aromatic nitrogens is 2. The lowest BCUT2D eigenvalue weighted by molar-refractivity contribution is 0.0775. The van der Waals surface area contributed by atoms with Crippen LogP contribution in [0, 0.1) is 0 Å². The number of amides is 1. The van der Waals surface area contributed by atoms with Crippen LogP contribution in [0.1, 0.15) is 16.1 Å². The Balaban J connectivity index is 1.45. The van der Waals surface area contributed by atoms with E-state index in [1.165, 1.54) is 0 Å². The van der Waals surface area contributed by atoms with Crippen LogP contribution >= 0.6 is 11.3 Å². The van der Waals surface area contributed by atoms with Gasteiger partial charge in [0, 0.05) is 13.6 Å². The summed E-state index contributed by atoms with van der Waals surface area (Å²) in [4.78, 5) is 16.1. The summed E-state index contributed by atoms with van der Waals surface area (Å²) >= 11 is 1.60. The molecule has 31 heavy (non-hydrogen) atoms. The molecule has 6 nitrogen and oxygen atoms in total. The summed E-state index contributed by atoms with van der Waals surface area (Å²) in [5.41, 5.74) is 3.13. The first-order valence-corrected chi connectivity index (χ1v) is 10.9. The van der Waals surface area contributed by atoms with Crippen LogP contribution in [0.5, 0.6) is 11.5 Å². The van der Waals surface area contributed by atoms with Crippen molar-refractivity contribution in [2.75, 3.05) is 20.3 Å². The summed E-state index contributed by atoms with van der Waals surface area (Å²) in [6.45, 7) is 1.54. The van der Waals surface area contributed by atoms with Crippen molar-refractivity contribution in [2.45, 2.75) is 6.54 Å². The van der Waals surface area contributed by atoms with E-state index in [0.717, 1.165) is 33.3 Å². The zero-order chi connectivity index (χ0) is 21.2. The molecule has 0 saturated carbocycles. The number of fused-ring (bicyclic) bond motifs is 1. The molecule has 1 amide bonds. The molecule has 1 aliphatic rings. The minimum Gasteiger partial charge on any atom is -0.486 e. The quantitative estimate of drug-likeness (QED) is 0.462. The minimum absolute atomic E-state index is 0.103. The molecule has 0 bridgehead atoms. The molecule has 2 aromatic heterocycles. The Labute approximate surface area is 184 Å². The topological polar surface area (TPSA) is 56.6 Å². The first-order valence-electron chi connectivity index (χ1n) is 10.0. The number of ether oxygens (including phenoxy) is 2. The number of para-hydroxylation sites is 1. The second-order valence-corrected chi connectivity index (χ2v) is 8.23. The van der Waals surface area contributed by atoms with Crippen LogP contribution in [0.4, 0.5) is 0 Å². The minimum atomic E-state index is -0.103. The number of nitrogens with zero attached hydrogens (tertiary/aromatic N) is 3. The molecule has 2 aromatic carbocycles. The second kappa shape index (κ2) is 8.28. The number of rotatable bonds is 5.